The van der Waals surface area contributed by atoms with E-state index in [1.807, 2.05) is 24.4 Å². The summed E-state index contributed by atoms with van der Waals surface area (Å²) in [5, 5.41) is 4.65. The minimum absolute atomic E-state index is 0.669. The molecule has 1 N–H and O–H groups in total. The summed E-state index contributed by atoms with van der Waals surface area (Å²) in [6, 6.07) is 14.1. The van der Waals surface area contributed by atoms with Crippen molar-refractivity contribution in [2.24, 2.45) is 0 Å². The largest absolute Gasteiger partial charge is 0.496 e. The summed E-state index contributed by atoms with van der Waals surface area (Å²) < 4.78 is 16.2. The van der Waals surface area contributed by atoms with Crippen molar-refractivity contribution in [2.75, 3.05) is 27.9 Å². The molecule has 5 nitrogen and oxygen atoms in total. The van der Waals surface area contributed by atoms with E-state index in [1.54, 1.807) is 21.3 Å². The van der Waals surface area contributed by atoms with Crippen LogP contribution in [0.2, 0.25) is 0 Å². The van der Waals surface area contributed by atoms with E-state index in [2.05, 4.69) is 34.6 Å². The van der Waals surface area contributed by atoms with Crippen molar-refractivity contribution in [3.05, 3.63) is 59.8 Å². The van der Waals surface area contributed by atoms with Crippen LogP contribution in [-0.2, 0) is 13.0 Å². The molecule has 26 heavy (non-hydrogen) atoms. The minimum atomic E-state index is 0.669. The number of benzene rings is 2. The van der Waals surface area contributed by atoms with Gasteiger partial charge in [-0.05, 0) is 36.2 Å². The quantitative estimate of drug-likeness (QED) is 0.628. The smallest absolute Gasteiger partial charge is 0.164 e. The van der Waals surface area contributed by atoms with Crippen LogP contribution < -0.4 is 19.5 Å². The SMILES string of the molecule is COc1cc(OC)c(OC)cc1CCNCc1cccc2cccnc12. The van der Waals surface area contributed by atoms with Crippen molar-refractivity contribution in [1.29, 1.82) is 0 Å². The first-order valence-corrected chi connectivity index (χ1v) is 8.59. The summed E-state index contributed by atoms with van der Waals surface area (Å²) in [6.45, 7) is 1.58. The van der Waals surface area contributed by atoms with Crippen molar-refractivity contribution in [1.82, 2.24) is 10.3 Å². The number of para-hydroxylation sites is 1. The average molecular weight is 352 g/mol. The second-order valence-corrected chi connectivity index (χ2v) is 5.94. The molecule has 0 fully saturated rings. The predicted molar refractivity (Wildman–Crippen MR) is 103 cm³/mol. The fourth-order valence-electron chi connectivity index (χ4n) is 3.04. The van der Waals surface area contributed by atoms with Gasteiger partial charge in [-0.3, -0.25) is 4.98 Å². The maximum Gasteiger partial charge on any atom is 0.164 e. The number of nitrogens with zero attached hydrogens (tertiary/aromatic N) is 1. The molecule has 3 aromatic rings. The highest BCUT2D eigenvalue weighted by Gasteiger charge is 2.11. The van der Waals surface area contributed by atoms with Gasteiger partial charge in [-0.25, -0.2) is 0 Å². The lowest BCUT2D eigenvalue weighted by Crippen LogP contribution is -2.17. The van der Waals surface area contributed by atoms with E-state index >= 15 is 0 Å². The van der Waals surface area contributed by atoms with Crippen molar-refractivity contribution in [3.8, 4) is 17.2 Å². The second kappa shape index (κ2) is 8.54. The molecule has 0 aliphatic rings. The Morgan fingerprint density at radius 1 is 0.846 bits per heavy atom. The fourth-order valence-corrected chi connectivity index (χ4v) is 3.04. The van der Waals surface area contributed by atoms with Crippen LogP contribution in [0.25, 0.3) is 10.9 Å². The Bertz CT molecular complexity index is 875. The number of rotatable bonds is 8. The molecule has 0 radical (unpaired) electrons. The number of hydrogen-bond donors (Lipinski definition) is 1. The lowest BCUT2D eigenvalue weighted by molar-refractivity contribution is 0.347. The van der Waals surface area contributed by atoms with E-state index in [-0.39, 0.29) is 0 Å². The highest BCUT2D eigenvalue weighted by molar-refractivity contribution is 5.81. The number of pyridine rings is 1. The number of aromatic nitrogens is 1. The van der Waals surface area contributed by atoms with Gasteiger partial charge in [0.1, 0.15) is 5.75 Å². The standard InChI is InChI=1S/C21H24N2O3/c1-24-18-13-20(26-3)19(25-2)12-16(18)9-11-22-14-17-7-4-6-15-8-5-10-23-21(15)17/h4-8,10,12-13,22H,9,11,14H2,1-3H3. The number of hydrogen-bond acceptors (Lipinski definition) is 5. The summed E-state index contributed by atoms with van der Waals surface area (Å²) in [5.74, 6) is 2.18. The van der Waals surface area contributed by atoms with E-state index < -0.39 is 0 Å². The Hall–Kier alpha value is -2.79. The molecular weight excluding hydrogens is 328 g/mol. The summed E-state index contributed by atoms with van der Waals surface area (Å²) in [5.41, 5.74) is 3.32. The Kier molecular flexibility index (Phi) is 5.92. The number of fused-ring (bicyclic) bond motifs is 1. The molecule has 1 aromatic heterocycles. The normalized spacial score (nSPS) is 10.7. The molecule has 136 valence electrons. The van der Waals surface area contributed by atoms with Gasteiger partial charge in [-0.15, -0.1) is 0 Å². The minimum Gasteiger partial charge on any atom is -0.496 e. The first kappa shape index (κ1) is 18.0. The van der Waals surface area contributed by atoms with Crippen molar-refractivity contribution < 1.29 is 14.2 Å². The lowest BCUT2D eigenvalue weighted by Gasteiger charge is -2.14. The molecule has 0 aliphatic carbocycles. The predicted octanol–water partition coefficient (Wildman–Crippen LogP) is 3.59. The van der Waals surface area contributed by atoms with E-state index in [4.69, 9.17) is 14.2 Å². The topological polar surface area (TPSA) is 52.6 Å². The van der Waals surface area contributed by atoms with Gasteiger partial charge in [0.05, 0.1) is 26.8 Å². The van der Waals surface area contributed by atoms with Gasteiger partial charge in [0.15, 0.2) is 11.5 Å². The zero-order chi connectivity index (χ0) is 18.4. The molecule has 0 unspecified atom stereocenters. The van der Waals surface area contributed by atoms with Crippen molar-refractivity contribution in [3.63, 3.8) is 0 Å². The maximum atomic E-state index is 5.49. The fraction of sp³-hybridized carbons (Fsp3) is 0.286. The van der Waals surface area contributed by atoms with Gasteiger partial charge in [-0.2, -0.15) is 0 Å². The van der Waals surface area contributed by atoms with Crippen molar-refractivity contribution in [2.45, 2.75) is 13.0 Å². The molecule has 0 aliphatic heterocycles. The molecule has 2 aromatic carbocycles. The van der Waals surface area contributed by atoms with Crippen LogP contribution in [0.15, 0.2) is 48.7 Å². The van der Waals surface area contributed by atoms with Crippen LogP contribution in [0.5, 0.6) is 17.2 Å². The first-order valence-electron chi connectivity index (χ1n) is 8.59. The van der Waals surface area contributed by atoms with Crippen LogP contribution in [-0.4, -0.2) is 32.9 Å². The summed E-state index contributed by atoms with van der Waals surface area (Å²) in [6.07, 6.45) is 2.65. The molecule has 1 heterocycles. The summed E-state index contributed by atoms with van der Waals surface area (Å²) in [7, 11) is 4.93. The van der Waals surface area contributed by atoms with Crippen LogP contribution in [0, 0.1) is 0 Å². The highest BCUT2D eigenvalue weighted by Crippen LogP contribution is 2.34. The highest BCUT2D eigenvalue weighted by atomic mass is 16.5. The molecule has 0 atom stereocenters. The van der Waals surface area contributed by atoms with Gasteiger partial charge >= 0.3 is 0 Å². The van der Waals surface area contributed by atoms with Gasteiger partial charge in [0, 0.05) is 24.2 Å². The maximum absolute atomic E-state index is 5.49. The molecule has 0 spiro atoms. The number of methoxy groups -OCH3 is 3. The first-order chi connectivity index (χ1) is 12.8. The van der Waals surface area contributed by atoms with E-state index in [9.17, 15) is 0 Å². The Balaban J connectivity index is 1.66. The zero-order valence-corrected chi connectivity index (χ0v) is 15.4. The van der Waals surface area contributed by atoms with Crippen LogP contribution in [0.4, 0.5) is 0 Å². The second-order valence-electron chi connectivity index (χ2n) is 5.94. The van der Waals surface area contributed by atoms with E-state index in [0.717, 1.165) is 41.7 Å². The third kappa shape index (κ3) is 3.89. The number of nitrogens with one attached hydrogen (secondary N) is 1. The Morgan fingerprint density at radius 3 is 2.35 bits per heavy atom. The zero-order valence-electron chi connectivity index (χ0n) is 15.4. The third-order valence-electron chi connectivity index (χ3n) is 4.39. The molecule has 5 heteroatoms. The molecule has 0 saturated carbocycles. The van der Waals surface area contributed by atoms with Gasteiger partial charge in [-0.1, -0.05) is 24.3 Å². The van der Waals surface area contributed by atoms with Crippen molar-refractivity contribution >= 4 is 10.9 Å². The average Bonchev–Trinajstić information content (AvgIpc) is 2.70. The lowest BCUT2D eigenvalue weighted by atomic mass is 10.1. The molecule has 3 rings (SSSR count). The number of ether oxygens (including phenoxy) is 3. The Labute approximate surface area is 153 Å². The van der Waals surface area contributed by atoms with Crippen LogP contribution in [0.3, 0.4) is 0 Å². The van der Waals surface area contributed by atoms with Gasteiger partial charge in [0.25, 0.3) is 0 Å². The Morgan fingerprint density at radius 2 is 1.58 bits per heavy atom. The summed E-state index contributed by atoms with van der Waals surface area (Å²) in [4.78, 5) is 4.50. The van der Waals surface area contributed by atoms with Crippen LogP contribution in [0.1, 0.15) is 11.1 Å². The molecule has 0 saturated heterocycles. The van der Waals surface area contributed by atoms with Crippen LogP contribution >= 0.6 is 0 Å². The molecular formula is C21H24N2O3. The van der Waals surface area contributed by atoms with Gasteiger partial charge < -0.3 is 19.5 Å². The monoisotopic (exact) mass is 352 g/mol. The van der Waals surface area contributed by atoms with E-state index in [1.165, 1.54) is 5.56 Å². The summed E-state index contributed by atoms with van der Waals surface area (Å²) >= 11 is 0. The third-order valence-corrected chi connectivity index (χ3v) is 4.39. The van der Waals surface area contributed by atoms with E-state index in [0.29, 0.717) is 11.5 Å². The van der Waals surface area contributed by atoms with Gasteiger partial charge in [0.2, 0.25) is 0 Å². The molecule has 0 amide bonds. The molecule has 0 bridgehead atoms.